The summed E-state index contributed by atoms with van der Waals surface area (Å²) in [6.07, 6.45) is 0. The molecule has 80 valence electrons. The van der Waals surface area contributed by atoms with Crippen molar-refractivity contribution in [2.75, 3.05) is 0 Å². The highest BCUT2D eigenvalue weighted by molar-refractivity contribution is 6.71. The minimum atomic E-state index is -1.76. The summed E-state index contributed by atoms with van der Waals surface area (Å²) < 4.78 is 5.24. The second-order valence-corrected chi connectivity index (χ2v) is 8.73. The highest BCUT2D eigenvalue weighted by Crippen LogP contribution is 2.07. The van der Waals surface area contributed by atoms with Crippen molar-refractivity contribution in [3.05, 3.63) is 0 Å². The lowest BCUT2D eigenvalue weighted by molar-refractivity contribution is -0.137. The van der Waals surface area contributed by atoms with Gasteiger partial charge < -0.3 is 10.2 Å². The van der Waals surface area contributed by atoms with E-state index in [1.54, 1.807) is 0 Å². The number of nitrogens with two attached hydrogens (primary N) is 1. The molecule has 5 heteroatoms. The maximum Gasteiger partial charge on any atom is 0.309 e. The van der Waals surface area contributed by atoms with Crippen LogP contribution in [0.25, 0.3) is 0 Å². The molecule has 2 N–H and O–H groups in total. The van der Waals surface area contributed by atoms with Gasteiger partial charge in [-0.05, 0) is 25.6 Å². The van der Waals surface area contributed by atoms with E-state index >= 15 is 0 Å². The molecule has 0 aromatic rings. The SMILES string of the molecule is CC(C)C(N)C(=O)O[Si](C)(C)C.Cl. The van der Waals surface area contributed by atoms with Gasteiger partial charge in [-0.2, -0.15) is 0 Å². The zero-order valence-corrected chi connectivity index (χ0v) is 10.8. The molecule has 0 heterocycles. The number of carbonyl (C=O) groups is 1. The highest BCUT2D eigenvalue weighted by atomic mass is 35.5. The summed E-state index contributed by atoms with van der Waals surface area (Å²) in [6.45, 7) is 9.74. The van der Waals surface area contributed by atoms with E-state index in [1.165, 1.54) is 0 Å². The van der Waals surface area contributed by atoms with Crippen LogP contribution in [-0.4, -0.2) is 20.3 Å². The Labute approximate surface area is 87.6 Å². The van der Waals surface area contributed by atoms with E-state index in [-0.39, 0.29) is 24.3 Å². The maximum absolute atomic E-state index is 11.3. The Balaban J connectivity index is 0. The van der Waals surface area contributed by atoms with E-state index in [1.807, 2.05) is 33.5 Å². The van der Waals surface area contributed by atoms with Crippen LogP contribution in [0.15, 0.2) is 0 Å². The number of rotatable bonds is 3. The third-order valence-electron chi connectivity index (χ3n) is 1.40. The van der Waals surface area contributed by atoms with E-state index in [4.69, 9.17) is 10.2 Å². The number of hydrogen-bond acceptors (Lipinski definition) is 3. The van der Waals surface area contributed by atoms with Crippen molar-refractivity contribution in [1.82, 2.24) is 0 Å². The van der Waals surface area contributed by atoms with Gasteiger partial charge in [0.2, 0.25) is 8.32 Å². The van der Waals surface area contributed by atoms with Crippen molar-refractivity contribution in [3.8, 4) is 0 Å². The predicted molar refractivity (Wildman–Crippen MR) is 59.5 cm³/mol. The monoisotopic (exact) mass is 225 g/mol. The summed E-state index contributed by atoms with van der Waals surface area (Å²) >= 11 is 0. The fourth-order valence-electron chi connectivity index (χ4n) is 0.642. The highest BCUT2D eigenvalue weighted by Gasteiger charge is 2.25. The summed E-state index contributed by atoms with van der Waals surface area (Å²) in [6, 6.07) is -0.475. The Morgan fingerprint density at radius 3 is 1.92 bits per heavy atom. The summed E-state index contributed by atoms with van der Waals surface area (Å²) in [4.78, 5) is 11.3. The second-order valence-electron chi connectivity index (χ2n) is 4.30. The molecule has 1 unspecified atom stereocenters. The molecule has 0 aliphatic heterocycles. The van der Waals surface area contributed by atoms with Gasteiger partial charge in [-0.3, -0.25) is 4.79 Å². The normalized spacial score (nSPS) is 13.5. The zero-order chi connectivity index (χ0) is 9.94. The third-order valence-corrected chi connectivity index (χ3v) is 2.21. The smallest absolute Gasteiger partial charge is 0.309 e. The molecule has 0 saturated carbocycles. The average Bonchev–Trinajstić information content (AvgIpc) is 1.82. The Kier molecular flexibility index (Phi) is 6.66. The van der Waals surface area contributed by atoms with Crippen LogP contribution in [0, 0.1) is 5.92 Å². The first-order valence-electron chi connectivity index (χ1n) is 4.22. The quantitative estimate of drug-likeness (QED) is 0.745. The molecule has 0 spiro atoms. The standard InChI is InChI=1S/C8H19NO2Si.ClH/c1-6(2)7(9)8(10)11-12(3,4)5;/h6-7H,9H2,1-5H3;1H. The van der Waals surface area contributed by atoms with Crippen molar-refractivity contribution >= 4 is 26.7 Å². The van der Waals surface area contributed by atoms with Crippen molar-refractivity contribution in [3.63, 3.8) is 0 Å². The van der Waals surface area contributed by atoms with Crippen molar-refractivity contribution in [2.24, 2.45) is 11.7 Å². The maximum atomic E-state index is 11.3. The van der Waals surface area contributed by atoms with E-state index in [9.17, 15) is 4.79 Å². The molecule has 0 aliphatic rings. The molecular weight excluding hydrogens is 206 g/mol. The summed E-state index contributed by atoms with van der Waals surface area (Å²) in [5.41, 5.74) is 5.61. The Hall–Kier alpha value is -0.0631. The van der Waals surface area contributed by atoms with Gasteiger partial charge >= 0.3 is 5.97 Å². The predicted octanol–water partition coefficient (Wildman–Crippen LogP) is 1.77. The zero-order valence-electron chi connectivity index (χ0n) is 8.96. The van der Waals surface area contributed by atoms with Gasteiger partial charge in [0.15, 0.2) is 0 Å². The molecule has 0 rings (SSSR count). The summed E-state index contributed by atoms with van der Waals surface area (Å²) in [5, 5.41) is 0. The second kappa shape index (κ2) is 5.62. The molecule has 0 saturated heterocycles. The van der Waals surface area contributed by atoms with E-state index in [2.05, 4.69) is 0 Å². The van der Waals surface area contributed by atoms with Crippen molar-refractivity contribution < 1.29 is 9.22 Å². The lowest BCUT2D eigenvalue weighted by atomic mass is 10.1. The molecule has 0 aliphatic carbocycles. The van der Waals surface area contributed by atoms with Crippen LogP contribution in [0.1, 0.15) is 13.8 Å². The molecule has 0 radical (unpaired) electrons. The lowest BCUT2D eigenvalue weighted by Crippen LogP contribution is -2.42. The Morgan fingerprint density at radius 1 is 1.31 bits per heavy atom. The molecule has 13 heavy (non-hydrogen) atoms. The molecule has 0 aromatic carbocycles. The minimum Gasteiger partial charge on any atom is -0.519 e. The van der Waals surface area contributed by atoms with Crippen LogP contribution in [0.4, 0.5) is 0 Å². The van der Waals surface area contributed by atoms with Crippen LogP contribution in [0.2, 0.25) is 19.6 Å². The van der Waals surface area contributed by atoms with Crippen LogP contribution in [0.3, 0.4) is 0 Å². The first-order chi connectivity index (χ1) is 5.24. The molecular formula is C8H20ClNO2Si. The van der Waals surface area contributed by atoms with Crippen molar-refractivity contribution in [2.45, 2.75) is 39.5 Å². The number of hydrogen-bond donors (Lipinski definition) is 1. The molecule has 0 aromatic heterocycles. The van der Waals surface area contributed by atoms with Crippen LogP contribution in [-0.2, 0) is 9.22 Å². The third kappa shape index (κ3) is 7.04. The number of halogens is 1. The van der Waals surface area contributed by atoms with E-state index < -0.39 is 14.4 Å². The van der Waals surface area contributed by atoms with Crippen LogP contribution >= 0.6 is 12.4 Å². The van der Waals surface area contributed by atoms with Crippen LogP contribution < -0.4 is 5.73 Å². The first kappa shape index (κ1) is 15.4. The van der Waals surface area contributed by atoms with Gasteiger partial charge in [-0.1, -0.05) is 13.8 Å². The van der Waals surface area contributed by atoms with E-state index in [0.29, 0.717) is 0 Å². The largest absolute Gasteiger partial charge is 0.519 e. The molecule has 3 nitrogen and oxygen atoms in total. The molecule has 0 fully saturated rings. The van der Waals surface area contributed by atoms with Crippen molar-refractivity contribution in [1.29, 1.82) is 0 Å². The minimum absolute atomic E-state index is 0. The fraction of sp³-hybridized carbons (Fsp3) is 0.875. The first-order valence-corrected chi connectivity index (χ1v) is 7.63. The number of carbonyl (C=O) groups excluding carboxylic acids is 1. The summed E-state index contributed by atoms with van der Waals surface area (Å²) in [7, 11) is -1.76. The summed E-state index contributed by atoms with van der Waals surface area (Å²) in [5.74, 6) is -0.113. The molecule has 0 amide bonds. The molecule has 0 bridgehead atoms. The van der Waals surface area contributed by atoms with Gasteiger partial charge in [0.25, 0.3) is 0 Å². The average molecular weight is 226 g/mol. The van der Waals surface area contributed by atoms with Gasteiger partial charge in [0.1, 0.15) is 6.04 Å². The van der Waals surface area contributed by atoms with E-state index in [0.717, 1.165) is 0 Å². The lowest BCUT2D eigenvalue weighted by Gasteiger charge is -2.22. The van der Waals surface area contributed by atoms with Crippen LogP contribution in [0.5, 0.6) is 0 Å². The topological polar surface area (TPSA) is 52.3 Å². The van der Waals surface area contributed by atoms with Gasteiger partial charge in [-0.15, -0.1) is 12.4 Å². The fourth-order valence-corrected chi connectivity index (χ4v) is 1.38. The van der Waals surface area contributed by atoms with Gasteiger partial charge in [-0.25, -0.2) is 0 Å². The van der Waals surface area contributed by atoms with Gasteiger partial charge in [0.05, 0.1) is 0 Å². The molecule has 1 atom stereocenters. The Morgan fingerprint density at radius 2 is 1.69 bits per heavy atom. The van der Waals surface area contributed by atoms with Gasteiger partial charge in [0, 0.05) is 0 Å². The Bertz CT molecular complexity index is 168.